The van der Waals surface area contributed by atoms with Gasteiger partial charge in [-0.1, -0.05) is 6.07 Å². The molecule has 4 rings (SSSR count). The molecule has 0 fully saturated rings. The van der Waals surface area contributed by atoms with Gasteiger partial charge in [0.25, 0.3) is 0 Å². The van der Waals surface area contributed by atoms with Crippen LogP contribution in [0.1, 0.15) is 16.2 Å². The lowest BCUT2D eigenvalue weighted by Gasteiger charge is -2.08. The van der Waals surface area contributed by atoms with Crippen molar-refractivity contribution >= 4 is 17.0 Å². The molecule has 0 atom stereocenters. The van der Waals surface area contributed by atoms with Gasteiger partial charge in [-0.15, -0.1) is 0 Å². The Labute approximate surface area is 177 Å². The third-order valence-electron chi connectivity index (χ3n) is 4.71. The van der Waals surface area contributed by atoms with Crippen LogP contribution in [0.25, 0.3) is 11.0 Å². The van der Waals surface area contributed by atoms with Crippen molar-refractivity contribution in [1.82, 2.24) is 9.55 Å². The fraction of sp³-hybridized carbons (Fsp3) is 0.130. The molecule has 1 N–H and O–H groups in total. The van der Waals surface area contributed by atoms with E-state index < -0.39 is 11.8 Å². The summed E-state index contributed by atoms with van der Waals surface area (Å²) in [5, 5.41) is 9.06. The Morgan fingerprint density at radius 3 is 2.58 bits per heavy atom. The molecular weight excluding hydrogens is 403 g/mol. The molecule has 0 unspecified atom stereocenters. The summed E-state index contributed by atoms with van der Waals surface area (Å²) in [6, 6.07) is 16.1. The lowest BCUT2D eigenvalue weighted by molar-refractivity contribution is 0.0695. The molecule has 0 aliphatic carbocycles. The Morgan fingerprint density at radius 2 is 1.81 bits per heavy atom. The Kier molecular flexibility index (Phi) is 5.44. The Morgan fingerprint density at radius 1 is 1.03 bits per heavy atom. The number of nitrogens with zero attached hydrogens (tertiary/aromatic N) is 2. The number of hydrogen-bond donors (Lipinski definition) is 1. The minimum absolute atomic E-state index is 0.0414. The Bertz CT molecular complexity index is 1270. The number of ether oxygens (including phenoxy) is 3. The predicted octanol–water partition coefficient (Wildman–Crippen LogP) is 4.79. The first-order valence-corrected chi connectivity index (χ1v) is 9.37. The summed E-state index contributed by atoms with van der Waals surface area (Å²) in [5.74, 6) is 0.773. The standard InChI is InChI=1S/C23H19FN2O5/c1-26-21-12-18(31-17-5-3-4-16(11-17)29-2)6-7-20(21)25-22(26)13-30-19-9-14(23(27)28)8-15(24)10-19/h3-12H,13H2,1-2H3,(H,27,28). The topological polar surface area (TPSA) is 82.8 Å². The molecule has 0 saturated heterocycles. The monoisotopic (exact) mass is 422 g/mol. The molecule has 1 heterocycles. The number of fused-ring (bicyclic) bond motifs is 1. The fourth-order valence-corrected chi connectivity index (χ4v) is 3.13. The first-order valence-electron chi connectivity index (χ1n) is 9.37. The van der Waals surface area contributed by atoms with Gasteiger partial charge in [-0.25, -0.2) is 14.2 Å². The van der Waals surface area contributed by atoms with Crippen LogP contribution in [0.4, 0.5) is 4.39 Å². The lowest BCUT2D eigenvalue weighted by atomic mass is 10.2. The van der Waals surface area contributed by atoms with E-state index in [1.54, 1.807) is 13.2 Å². The summed E-state index contributed by atoms with van der Waals surface area (Å²) in [5.41, 5.74) is 1.38. The van der Waals surface area contributed by atoms with E-state index in [1.807, 2.05) is 48.0 Å². The predicted molar refractivity (Wildman–Crippen MR) is 111 cm³/mol. The number of methoxy groups -OCH3 is 1. The van der Waals surface area contributed by atoms with E-state index in [0.29, 0.717) is 23.1 Å². The van der Waals surface area contributed by atoms with Crippen molar-refractivity contribution < 1.29 is 28.5 Å². The highest BCUT2D eigenvalue weighted by Crippen LogP contribution is 2.28. The summed E-state index contributed by atoms with van der Waals surface area (Å²) < 4.78 is 32.2. The molecule has 158 valence electrons. The zero-order valence-electron chi connectivity index (χ0n) is 16.8. The summed E-state index contributed by atoms with van der Waals surface area (Å²) in [4.78, 5) is 15.6. The van der Waals surface area contributed by atoms with E-state index in [1.165, 1.54) is 6.07 Å². The summed E-state index contributed by atoms with van der Waals surface area (Å²) >= 11 is 0. The van der Waals surface area contributed by atoms with Crippen LogP contribution in [-0.2, 0) is 13.7 Å². The second-order valence-corrected chi connectivity index (χ2v) is 6.79. The zero-order valence-corrected chi connectivity index (χ0v) is 16.8. The minimum atomic E-state index is -1.23. The van der Waals surface area contributed by atoms with Crippen molar-refractivity contribution in [2.24, 2.45) is 7.05 Å². The van der Waals surface area contributed by atoms with Crippen LogP contribution in [0.5, 0.6) is 23.0 Å². The van der Waals surface area contributed by atoms with Gasteiger partial charge in [0.2, 0.25) is 0 Å². The van der Waals surface area contributed by atoms with Gasteiger partial charge >= 0.3 is 5.97 Å². The molecule has 4 aromatic rings. The van der Waals surface area contributed by atoms with Gasteiger partial charge in [-0.2, -0.15) is 0 Å². The summed E-state index contributed by atoms with van der Waals surface area (Å²) in [6.45, 7) is 0.0414. The second kappa shape index (κ2) is 8.35. The molecule has 0 amide bonds. The Hall–Kier alpha value is -4.07. The SMILES string of the molecule is COc1cccc(Oc2ccc3nc(COc4cc(F)cc(C(=O)O)c4)n(C)c3c2)c1. The van der Waals surface area contributed by atoms with Crippen LogP contribution in [0.15, 0.2) is 60.7 Å². The van der Waals surface area contributed by atoms with Gasteiger partial charge in [0.1, 0.15) is 41.2 Å². The maximum Gasteiger partial charge on any atom is 0.335 e. The fourth-order valence-electron chi connectivity index (χ4n) is 3.13. The third kappa shape index (κ3) is 4.42. The van der Waals surface area contributed by atoms with E-state index >= 15 is 0 Å². The number of halogens is 1. The van der Waals surface area contributed by atoms with Crippen molar-refractivity contribution in [3.05, 3.63) is 77.9 Å². The lowest BCUT2D eigenvalue weighted by Crippen LogP contribution is -2.05. The van der Waals surface area contributed by atoms with E-state index in [2.05, 4.69) is 4.98 Å². The van der Waals surface area contributed by atoms with Gasteiger partial charge in [-0.3, -0.25) is 0 Å². The number of carboxylic acid groups (broad SMARTS) is 1. The van der Waals surface area contributed by atoms with Gasteiger partial charge < -0.3 is 23.9 Å². The number of aromatic carboxylic acids is 1. The molecule has 7 nitrogen and oxygen atoms in total. The van der Waals surface area contributed by atoms with Crippen LogP contribution >= 0.6 is 0 Å². The molecule has 3 aromatic carbocycles. The maximum absolute atomic E-state index is 13.6. The van der Waals surface area contributed by atoms with Crippen molar-refractivity contribution in [1.29, 1.82) is 0 Å². The summed E-state index contributed by atoms with van der Waals surface area (Å²) in [7, 11) is 3.42. The van der Waals surface area contributed by atoms with Crippen LogP contribution < -0.4 is 14.2 Å². The van der Waals surface area contributed by atoms with Crippen LogP contribution in [0.3, 0.4) is 0 Å². The highest BCUT2D eigenvalue weighted by Gasteiger charge is 2.12. The molecule has 31 heavy (non-hydrogen) atoms. The van der Waals surface area contributed by atoms with E-state index in [9.17, 15) is 9.18 Å². The molecule has 0 aliphatic heterocycles. The maximum atomic E-state index is 13.6. The first-order chi connectivity index (χ1) is 14.9. The highest BCUT2D eigenvalue weighted by molar-refractivity contribution is 5.88. The number of rotatable bonds is 7. The van der Waals surface area contributed by atoms with E-state index in [0.717, 1.165) is 23.2 Å². The number of carboxylic acids is 1. The molecule has 1 aromatic heterocycles. The molecule has 0 aliphatic rings. The number of carbonyl (C=O) groups is 1. The van der Waals surface area contributed by atoms with Gasteiger partial charge in [0.15, 0.2) is 0 Å². The van der Waals surface area contributed by atoms with Crippen LogP contribution in [0, 0.1) is 5.82 Å². The van der Waals surface area contributed by atoms with Gasteiger partial charge in [-0.05, 0) is 36.4 Å². The third-order valence-corrected chi connectivity index (χ3v) is 4.71. The smallest absolute Gasteiger partial charge is 0.335 e. The number of benzene rings is 3. The largest absolute Gasteiger partial charge is 0.497 e. The van der Waals surface area contributed by atoms with Crippen molar-refractivity contribution in [2.75, 3.05) is 7.11 Å². The summed E-state index contributed by atoms with van der Waals surface area (Å²) in [6.07, 6.45) is 0. The minimum Gasteiger partial charge on any atom is -0.497 e. The number of aromatic nitrogens is 2. The van der Waals surface area contributed by atoms with Crippen molar-refractivity contribution in [3.63, 3.8) is 0 Å². The van der Waals surface area contributed by atoms with Crippen molar-refractivity contribution in [3.8, 4) is 23.0 Å². The molecule has 0 bridgehead atoms. The average Bonchev–Trinajstić information content (AvgIpc) is 3.07. The van der Waals surface area contributed by atoms with Gasteiger partial charge in [0, 0.05) is 25.2 Å². The molecule has 0 spiro atoms. The van der Waals surface area contributed by atoms with Crippen molar-refractivity contribution in [2.45, 2.75) is 6.61 Å². The molecule has 0 saturated carbocycles. The number of imidazole rings is 1. The quantitative estimate of drug-likeness (QED) is 0.461. The molecule has 0 radical (unpaired) electrons. The van der Waals surface area contributed by atoms with Crippen LogP contribution in [-0.4, -0.2) is 27.7 Å². The van der Waals surface area contributed by atoms with E-state index in [4.69, 9.17) is 19.3 Å². The molecule has 8 heteroatoms. The van der Waals surface area contributed by atoms with E-state index in [-0.39, 0.29) is 17.9 Å². The first kappa shape index (κ1) is 20.2. The number of aryl methyl sites for hydroxylation is 1. The zero-order chi connectivity index (χ0) is 22.0. The normalized spacial score (nSPS) is 10.8. The Balaban J connectivity index is 1.55. The average molecular weight is 422 g/mol. The van der Waals surface area contributed by atoms with Crippen LogP contribution in [0.2, 0.25) is 0 Å². The number of hydrogen-bond acceptors (Lipinski definition) is 5. The molecular formula is C23H19FN2O5. The second-order valence-electron chi connectivity index (χ2n) is 6.79. The van der Waals surface area contributed by atoms with Gasteiger partial charge in [0.05, 0.1) is 23.7 Å². The highest BCUT2D eigenvalue weighted by atomic mass is 19.1.